The third-order valence-electron chi connectivity index (χ3n) is 16.2. The minimum absolute atomic E-state index is 0.0539. The van der Waals surface area contributed by atoms with Crippen molar-refractivity contribution in [2.45, 2.75) is 154 Å². The van der Waals surface area contributed by atoms with Gasteiger partial charge in [-0.3, -0.25) is 33.0 Å². The molecule has 0 fully saturated rings. The van der Waals surface area contributed by atoms with Crippen LogP contribution in [0.15, 0.2) is 76.9 Å². The second-order valence-electron chi connectivity index (χ2n) is 23.9. The Kier molecular flexibility index (Phi) is 27.0. The van der Waals surface area contributed by atoms with E-state index in [1.165, 1.54) is 11.8 Å². The molecule has 504 valence electrons. The lowest BCUT2D eigenvalue weighted by Crippen LogP contribution is -2.47. The van der Waals surface area contributed by atoms with Crippen LogP contribution in [0.1, 0.15) is 139 Å². The third-order valence-corrected chi connectivity index (χ3v) is 18.3. The molecule has 0 aliphatic carbocycles. The van der Waals surface area contributed by atoms with Crippen LogP contribution in [-0.4, -0.2) is 145 Å². The zero-order valence-corrected chi connectivity index (χ0v) is 56.1. The fourth-order valence-corrected chi connectivity index (χ4v) is 12.9. The highest BCUT2D eigenvalue weighted by atomic mass is 32.2. The number of fused-ring (bicyclic) bond motifs is 5. The second kappa shape index (κ2) is 34.7. The molecule has 26 heteroatoms. The number of cyclic esters (lactones) is 1. The molecule has 4 atom stereocenters. The van der Waals surface area contributed by atoms with Gasteiger partial charge in [-0.2, -0.15) is 0 Å². The lowest BCUT2D eigenvalue weighted by molar-refractivity contribution is -0.175. The Morgan fingerprint density at radius 3 is 2.26 bits per heavy atom. The van der Waals surface area contributed by atoms with Gasteiger partial charge in [0, 0.05) is 121 Å². The first-order chi connectivity index (χ1) is 44.9. The molecule has 2 aliphatic heterocycles. The largest absolute Gasteiger partial charge is 0.510 e. The molecule has 24 nitrogen and oxygen atoms in total. The van der Waals surface area contributed by atoms with E-state index in [-0.39, 0.29) is 99.7 Å². The van der Waals surface area contributed by atoms with E-state index >= 15 is 0 Å². The Morgan fingerprint density at radius 1 is 0.894 bits per heavy atom. The number of anilines is 1. The summed E-state index contributed by atoms with van der Waals surface area (Å²) in [7, 11) is -2.55. The zero-order chi connectivity index (χ0) is 68.1. The molecule has 2 aromatic carbocycles. The molecule has 3 aromatic heterocycles. The van der Waals surface area contributed by atoms with Gasteiger partial charge in [-0.05, 0) is 112 Å². The van der Waals surface area contributed by atoms with Crippen LogP contribution in [0.5, 0.6) is 0 Å². The molecule has 0 bridgehead atoms. The highest BCUT2D eigenvalue weighted by Crippen LogP contribution is 2.42. The number of thioether (sulfide) groups is 1. The fraction of sp³-hybridized carbons (Fsp3) is 0.485. The van der Waals surface area contributed by atoms with E-state index in [2.05, 4.69) is 43.6 Å². The van der Waals surface area contributed by atoms with Crippen molar-refractivity contribution in [1.29, 1.82) is 0 Å². The van der Waals surface area contributed by atoms with E-state index in [1.807, 2.05) is 48.7 Å². The van der Waals surface area contributed by atoms with E-state index in [4.69, 9.17) is 34.4 Å². The van der Waals surface area contributed by atoms with E-state index in [1.54, 1.807) is 74.3 Å². The molecule has 0 saturated carbocycles. The molecule has 4 amide bonds. The number of aromatic nitrogens is 4. The molecule has 5 N–H and O–H groups in total. The van der Waals surface area contributed by atoms with Crippen LogP contribution >= 0.6 is 11.8 Å². The standard InChI is InChI=1S/C68H85N9O15S2/c1-9-68(56-35-59-60-54(38-76(59)63(83)55(56)42-90-64(68)84)51(52-22-13-14-23-57(52)74-60)29-31-77(44(4)5)94(7,8)87)92-67(86)91-39-45-25-27-47(28-26-45)73-62(82)58(24-15-30-70-65(69)85)75-61(81)53(43(2)3)34-50(80)41-89-40-49(79)21-17-33-88-32-16-20-48(78)19-12-10-11-18-46-36-71-66(93-6)72-37-46/h13-14,22-23,25-28,35-37,43-44,53,58H,7,9-10,12,15-17,19-21,24,29-34,38-42H2,1-6,8H3,(H,73,82)(H,75,81)(H3,69,70,85)/t53-,58-,68-,94?/m0/s1. The van der Waals surface area contributed by atoms with Crippen LogP contribution in [0, 0.1) is 23.7 Å². The van der Waals surface area contributed by atoms with Crippen molar-refractivity contribution in [2.75, 3.05) is 57.3 Å². The van der Waals surface area contributed by atoms with Crippen molar-refractivity contribution in [3.05, 3.63) is 111 Å². The summed E-state index contributed by atoms with van der Waals surface area (Å²) in [5, 5.41) is 9.59. The smallest absolute Gasteiger partial charge is 0.457 e. The van der Waals surface area contributed by atoms with Gasteiger partial charge in [0.15, 0.2) is 16.7 Å². The second-order valence-corrected chi connectivity index (χ2v) is 27.0. The number of urea groups is 1. The number of nitrogens with two attached hydrogens (primary N) is 1. The average molecular weight is 1330 g/mol. The zero-order valence-electron chi connectivity index (χ0n) is 54.5. The van der Waals surface area contributed by atoms with E-state index in [0.717, 1.165) is 22.1 Å². The minimum atomic E-state index is -2.55. The summed E-state index contributed by atoms with van der Waals surface area (Å²) in [6, 6.07) is 13.6. The number of hydrogen-bond acceptors (Lipinski definition) is 19. The van der Waals surface area contributed by atoms with Crippen LogP contribution in [0.25, 0.3) is 22.3 Å². The Bertz CT molecular complexity index is 3810. The predicted molar refractivity (Wildman–Crippen MR) is 357 cm³/mol. The van der Waals surface area contributed by atoms with E-state index < -0.39 is 75.2 Å². The molecule has 94 heavy (non-hydrogen) atoms. The number of amides is 4. The Balaban J connectivity index is 0.878. The number of nitrogens with one attached hydrogen (secondary N) is 3. The van der Waals surface area contributed by atoms with E-state index in [9.17, 15) is 47.4 Å². The van der Waals surface area contributed by atoms with Crippen molar-refractivity contribution in [3.63, 3.8) is 0 Å². The van der Waals surface area contributed by atoms with Crippen molar-refractivity contribution in [1.82, 2.24) is 34.5 Å². The monoisotopic (exact) mass is 1330 g/mol. The quantitative estimate of drug-likeness (QED) is 0.00737. The summed E-state index contributed by atoms with van der Waals surface area (Å²) in [5.74, 6) is 6.19. The highest BCUT2D eigenvalue weighted by molar-refractivity contribution is 7.98. The van der Waals surface area contributed by atoms with Gasteiger partial charge in [-0.15, -0.1) is 0 Å². The number of Topliss-reactive ketones (excluding diaryl/α,β-unsaturated/α-hetero) is 3. The lowest BCUT2D eigenvalue weighted by Gasteiger charge is -2.35. The van der Waals surface area contributed by atoms with Crippen molar-refractivity contribution in [2.24, 2.45) is 17.6 Å². The number of benzene rings is 2. The number of ketones is 3. The van der Waals surface area contributed by atoms with Gasteiger partial charge in [0.25, 0.3) is 5.56 Å². The maximum Gasteiger partial charge on any atom is 0.510 e. The fourth-order valence-electron chi connectivity index (χ4n) is 11.2. The summed E-state index contributed by atoms with van der Waals surface area (Å²) < 4.78 is 44.7. The lowest BCUT2D eigenvalue weighted by atomic mass is 9.85. The van der Waals surface area contributed by atoms with Gasteiger partial charge in [-0.1, -0.05) is 74.7 Å². The average Bonchev–Trinajstić information content (AvgIpc) is 1.49. The van der Waals surface area contributed by atoms with Crippen molar-refractivity contribution in [3.8, 4) is 23.2 Å². The number of hydrogen-bond donors (Lipinski definition) is 4. The van der Waals surface area contributed by atoms with Crippen molar-refractivity contribution < 1.29 is 66.2 Å². The van der Waals surface area contributed by atoms with Gasteiger partial charge >= 0.3 is 18.2 Å². The summed E-state index contributed by atoms with van der Waals surface area (Å²) in [5.41, 5.74) is 7.93. The first kappa shape index (κ1) is 73.1. The number of pyridine rings is 2. The first-order valence-corrected chi connectivity index (χ1v) is 34.8. The van der Waals surface area contributed by atoms with E-state index in [0.29, 0.717) is 98.0 Å². The first-order valence-electron chi connectivity index (χ1n) is 31.5. The maximum absolute atomic E-state index is 14.5. The third kappa shape index (κ3) is 20.1. The van der Waals surface area contributed by atoms with Crippen molar-refractivity contribution >= 4 is 91.3 Å². The van der Waals surface area contributed by atoms with Gasteiger partial charge < -0.3 is 49.9 Å². The molecule has 0 spiro atoms. The minimum Gasteiger partial charge on any atom is -0.457 e. The maximum atomic E-state index is 14.5. The predicted octanol–water partition coefficient (Wildman–Crippen LogP) is 7.52. The topological polar surface area (TPSA) is 326 Å². The van der Waals surface area contributed by atoms with Gasteiger partial charge in [0.1, 0.15) is 38.3 Å². The number of nitrogens with zero attached hydrogens (tertiary/aromatic N) is 5. The summed E-state index contributed by atoms with van der Waals surface area (Å²) in [6.07, 6.45) is 9.32. The number of para-hydroxylation sites is 1. The van der Waals surface area contributed by atoms with Crippen LogP contribution < -0.4 is 27.2 Å². The summed E-state index contributed by atoms with van der Waals surface area (Å²) >= 11 is 1.45. The number of rotatable bonds is 36. The number of primary amides is 1. The molecule has 5 heterocycles. The molecule has 1 unspecified atom stereocenters. The van der Waals surface area contributed by atoms with Crippen LogP contribution in [0.2, 0.25) is 0 Å². The highest BCUT2D eigenvalue weighted by Gasteiger charge is 2.51. The molecule has 5 aromatic rings. The van der Waals surface area contributed by atoms with Crippen LogP contribution in [0.3, 0.4) is 0 Å². The molecule has 7 rings (SSSR count). The Labute approximate surface area is 552 Å². The molecular weight excluding hydrogens is 1250 g/mol. The number of carbonyl (C=O) groups excluding carboxylic acids is 8. The molecular formula is C68H85N9O15S2. The number of esters is 1. The van der Waals surface area contributed by atoms with Gasteiger partial charge in [-0.25, -0.2) is 33.6 Å². The summed E-state index contributed by atoms with van der Waals surface area (Å²) in [6.45, 7) is 9.07. The number of carbonyl (C=O) groups is 8. The molecule has 0 radical (unpaired) electrons. The van der Waals surface area contributed by atoms with Crippen LogP contribution in [-0.2, 0) is 93.9 Å². The van der Waals surface area contributed by atoms with Gasteiger partial charge in [0.05, 0.1) is 34.6 Å². The number of ether oxygens (including phenoxy) is 5. The summed E-state index contributed by atoms with van der Waals surface area (Å²) in [4.78, 5) is 133. The number of unbranched alkanes of at least 4 members (excludes halogenated alkanes) is 1. The SMILES string of the molecule is C=S(C)(=O)N(CCc1c2c(nc3ccccc13)-c1cc3c(c(=O)n1C2)COC(=O)[C@@]3(CC)OC(=O)OCc1ccc(NC(=O)[C@H](CCCNC(N)=O)NC(=O)[C@@H](CC(=O)COCC(=O)CCCOCCCC(=O)CCCC#Cc2cnc(SC)nc2)C(C)C)cc1)C(C)C. The molecule has 2 aliphatic rings. The normalized spacial score (nSPS) is 15.1. The Hall–Kier alpha value is -8.35. The Morgan fingerprint density at radius 2 is 1.59 bits per heavy atom. The van der Waals surface area contributed by atoms with Crippen LogP contribution in [0.4, 0.5) is 15.3 Å². The molecule has 0 saturated heterocycles. The van der Waals surface area contributed by atoms with Gasteiger partial charge in [0.2, 0.25) is 17.4 Å².